The number of nitrogens with zero attached hydrogens (tertiary/aromatic N) is 1. The Labute approximate surface area is 182 Å². The molecule has 2 aromatic rings. The fraction of sp³-hybridized carbons (Fsp3) is 0.304. The van der Waals surface area contributed by atoms with Gasteiger partial charge in [0.05, 0.1) is 6.21 Å². The number of carbonyl (C=O) groups is 3. The predicted octanol–water partition coefficient (Wildman–Crippen LogP) is 2.69. The number of hydrogen-bond acceptors (Lipinski definition) is 5. The summed E-state index contributed by atoms with van der Waals surface area (Å²) >= 11 is 0. The highest BCUT2D eigenvalue weighted by Gasteiger charge is 2.14. The lowest BCUT2D eigenvalue weighted by atomic mass is 10.1. The molecule has 0 fully saturated rings. The number of aryl methyl sites for hydroxylation is 2. The number of rotatable bonds is 8. The molecule has 0 radical (unpaired) electrons. The fourth-order valence-corrected chi connectivity index (χ4v) is 2.69. The van der Waals surface area contributed by atoms with Crippen molar-refractivity contribution in [2.75, 3.05) is 11.9 Å². The first kappa shape index (κ1) is 23.6. The summed E-state index contributed by atoms with van der Waals surface area (Å²) in [5.74, 6) is -1.38. The first-order valence-corrected chi connectivity index (χ1v) is 10.0. The van der Waals surface area contributed by atoms with Crippen molar-refractivity contribution < 1.29 is 19.1 Å². The summed E-state index contributed by atoms with van der Waals surface area (Å²) in [6.07, 6.45) is 2.11. The molecule has 0 aliphatic rings. The van der Waals surface area contributed by atoms with Crippen LogP contribution in [0.4, 0.5) is 5.69 Å². The van der Waals surface area contributed by atoms with Crippen LogP contribution in [0.1, 0.15) is 37.0 Å². The first-order valence-electron chi connectivity index (χ1n) is 10.0. The summed E-state index contributed by atoms with van der Waals surface area (Å²) in [5.41, 5.74) is 5.66. The number of hydrogen-bond donors (Lipinski definition) is 3. The van der Waals surface area contributed by atoms with Gasteiger partial charge in [0.15, 0.2) is 6.61 Å². The maximum atomic E-state index is 12.2. The van der Waals surface area contributed by atoms with Crippen LogP contribution in [0.2, 0.25) is 0 Å². The van der Waals surface area contributed by atoms with Gasteiger partial charge in [0.2, 0.25) is 0 Å². The van der Waals surface area contributed by atoms with Gasteiger partial charge >= 0.3 is 11.8 Å². The first-order chi connectivity index (χ1) is 14.8. The highest BCUT2D eigenvalue weighted by Crippen LogP contribution is 2.15. The van der Waals surface area contributed by atoms with E-state index in [1.807, 2.05) is 45.9 Å². The monoisotopic (exact) mass is 424 g/mol. The van der Waals surface area contributed by atoms with Crippen molar-refractivity contribution in [1.82, 2.24) is 10.7 Å². The van der Waals surface area contributed by atoms with Gasteiger partial charge in [0.25, 0.3) is 5.91 Å². The number of amides is 3. The highest BCUT2D eigenvalue weighted by atomic mass is 16.5. The molecule has 0 aromatic heterocycles. The van der Waals surface area contributed by atoms with Crippen LogP contribution in [0, 0.1) is 13.8 Å². The Morgan fingerprint density at radius 1 is 1.06 bits per heavy atom. The van der Waals surface area contributed by atoms with E-state index in [0.29, 0.717) is 11.3 Å². The van der Waals surface area contributed by atoms with Crippen molar-refractivity contribution in [3.05, 3.63) is 59.2 Å². The largest absolute Gasteiger partial charge is 0.484 e. The Kier molecular flexibility index (Phi) is 8.75. The van der Waals surface area contributed by atoms with Gasteiger partial charge in [-0.05, 0) is 68.1 Å². The van der Waals surface area contributed by atoms with E-state index >= 15 is 0 Å². The molecule has 1 atom stereocenters. The molecule has 31 heavy (non-hydrogen) atoms. The molecular formula is C23H28N4O4. The number of nitrogens with one attached hydrogen (secondary N) is 3. The molecule has 2 aromatic carbocycles. The van der Waals surface area contributed by atoms with Crippen molar-refractivity contribution in [3.63, 3.8) is 0 Å². The number of anilines is 1. The van der Waals surface area contributed by atoms with Crippen molar-refractivity contribution in [2.24, 2.45) is 5.10 Å². The molecule has 0 saturated carbocycles. The van der Waals surface area contributed by atoms with Crippen LogP contribution >= 0.6 is 0 Å². The van der Waals surface area contributed by atoms with Gasteiger partial charge in [-0.2, -0.15) is 5.10 Å². The SMILES string of the molecule is CC[C@@H](C)NC(=O)C(=O)N/N=C\c1cccc(OCC(=O)Nc2cc(C)cc(C)c2)c1. The topological polar surface area (TPSA) is 109 Å². The molecule has 0 bridgehead atoms. The molecule has 3 amide bonds. The second kappa shape index (κ2) is 11.5. The number of ether oxygens (including phenoxy) is 1. The molecule has 0 aliphatic heterocycles. The molecule has 0 aliphatic carbocycles. The number of hydrazone groups is 1. The third-order valence-electron chi connectivity index (χ3n) is 4.31. The van der Waals surface area contributed by atoms with Crippen molar-refractivity contribution in [2.45, 2.75) is 40.2 Å². The van der Waals surface area contributed by atoms with Gasteiger partial charge in [-0.1, -0.05) is 25.1 Å². The minimum atomic E-state index is -0.841. The van der Waals surface area contributed by atoms with Crippen LogP contribution in [0.15, 0.2) is 47.6 Å². The molecule has 0 saturated heterocycles. The van der Waals surface area contributed by atoms with Gasteiger partial charge in [0.1, 0.15) is 5.75 Å². The second-order valence-corrected chi connectivity index (χ2v) is 7.27. The highest BCUT2D eigenvalue weighted by molar-refractivity contribution is 6.35. The standard InChI is InChI=1S/C23H28N4O4/c1-5-17(4)25-22(29)23(30)27-24-13-18-7-6-8-20(12-18)31-14-21(28)26-19-10-15(2)9-16(3)11-19/h6-13,17H,5,14H2,1-4H3,(H,25,29)(H,26,28)(H,27,30)/b24-13-/t17-/m1/s1. The Morgan fingerprint density at radius 3 is 2.45 bits per heavy atom. The minimum absolute atomic E-state index is 0.0943. The minimum Gasteiger partial charge on any atom is -0.484 e. The Balaban J connectivity index is 1.85. The molecule has 2 rings (SSSR count). The predicted molar refractivity (Wildman–Crippen MR) is 120 cm³/mol. The fourth-order valence-electron chi connectivity index (χ4n) is 2.69. The summed E-state index contributed by atoms with van der Waals surface area (Å²) in [4.78, 5) is 35.5. The molecule has 0 heterocycles. The van der Waals surface area contributed by atoms with Crippen molar-refractivity contribution in [1.29, 1.82) is 0 Å². The third kappa shape index (κ3) is 8.30. The van der Waals surface area contributed by atoms with Gasteiger partial charge in [-0.3, -0.25) is 14.4 Å². The third-order valence-corrected chi connectivity index (χ3v) is 4.31. The van der Waals surface area contributed by atoms with E-state index in [1.54, 1.807) is 24.3 Å². The molecule has 8 nitrogen and oxygen atoms in total. The summed E-state index contributed by atoms with van der Waals surface area (Å²) in [5, 5.41) is 9.15. The maximum absolute atomic E-state index is 12.2. The van der Waals surface area contributed by atoms with Gasteiger partial charge < -0.3 is 15.4 Å². The average molecular weight is 425 g/mol. The molecule has 3 N–H and O–H groups in total. The van der Waals surface area contributed by atoms with Crippen molar-refractivity contribution in [3.8, 4) is 5.75 Å². The van der Waals surface area contributed by atoms with Crippen LogP contribution in [0.25, 0.3) is 0 Å². The molecule has 164 valence electrons. The Hall–Kier alpha value is -3.68. The van der Waals surface area contributed by atoms with Gasteiger partial charge in [0, 0.05) is 11.7 Å². The summed E-state index contributed by atoms with van der Waals surface area (Å²) in [6.45, 7) is 7.49. The van der Waals surface area contributed by atoms with E-state index in [4.69, 9.17) is 4.74 Å². The zero-order valence-electron chi connectivity index (χ0n) is 18.2. The zero-order valence-corrected chi connectivity index (χ0v) is 18.2. The quantitative estimate of drug-likeness (QED) is 0.344. The lowest BCUT2D eigenvalue weighted by molar-refractivity contribution is -0.139. The van der Waals surface area contributed by atoms with E-state index in [-0.39, 0.29) is 18.6 Å². The van der Waals surface area contributed by atoms with Gasteiger partial charge in [-0.25, -0.2) is 5.43 Å². The second-order valence-electron chi connectivity index (χ2n) is 7.27. The zero-order chi connectivity index (χ0) is 22.8. The Bertz CT molecular complexity index is 952. The number of benzene rings is 2. The lowest BCUT2D eigenvalue weighted by Crippen LogP contribution is -2.41. The van der Waals surface area contributed by atoms with Crippen LogP contribution in [-0.2, 0) is 14.4 Å². The van der Waals surface area contributed by atoms with E-state index in [2.05, 4.69) is 21.2 Å². The normalized spacial score (nSPS) is 11.6. The summed E-state index contributed by atoms with van der Waals surface area (Å²) < 4.78 is 5.54. The van der Waals surface area contributed by atoms with E-state index in [9.17, 15) is 14.4 Å². The van der Waals surface area contributed by atoms with Crippen LogP contribution in [0.3, 0.4) is 0 Å². The maximum Gasteiger partial charge on any atom is 0.329 e. The van der Waals surface area contributed by atoms with Crippen molar-refractivity contribution >= 4 is 29.6 Å². The summed E-state index contributed by atoms with van der Waals surface area (Å²) in [7, 11) is 0. The Morgan fingerprint density at radius 2 is 1.77 bits per heavy atom. The molecule has 0 unspecified atom stereocenters. The summed E-state index contributed by atoms with van der Waals surface area (Å²) in [6, 6.07) is 12.6. The molecule has 8 heteroatoms. The van der Waals surface area contributed by atoms with Crippen LogP contribution < -0.4 is 20.8 Å². The average Bonchev–Trinajstić information content (AvgIpc) is 2.71. The lowest BCUT2D eigenvalue weighted by Gasteiger charge is -2.10. The molecule has 0 spiro atoms. The molecular weight excluding hydrogens is 396 g/mol. The van der Waals surface area contributed by atoms with E-state index < -0.39 is 11.8 Å². The smallest absolute Gasteiger partial charge is 0.329 e. The van der Waals surface area contributed by atoms with E-state index in [1.165, 1.54) is 6.21 Å². The van der Waals surface area contributed by atoms with E-state index in [0.717, 1.165) is 23.2 Å². The van der Waals surface area contributed by atoms with Crippen LogP contribution in [0.5, 0.6) is 5.75 Å². The number of carbonyl (C=O) groups excluding carboxylic acids is 3. The van der Waals surface area contributed by atoms with Gasteiger partial charge in [-0.15, -0.1) is 0 Å². The van der Waals surface area contributed by atoms with Crippen LogP contribution in [-0.4, -0.2) is 36.6 Å².